The van der Waals surface area contributed by atoms with Gasteiger partial charge in [0.25, 0.3) is 0 Å². The van der Waals surface area contributed by atoms with Gasteiger partial charge in [-0.25, -0.2) is 9.97 Å². The SMILES string of the molecule is C(#Cn1c2c(c3ccccc31)CNCC2)c1cncnc1. The molecule has 0 fully saturated rings. The number of hydrogen-bond donors (Lipinski definition) is 1. The van der Waals surface area contributed by atoms with Crippen LogP contribution in [-0.2, 0) is 13.0 Å². The second-order valence-electron chi connectivity index (χ2n) is 5.07. The number of fused-ring (bicyclic) bond motifs is 3. The minimum atomic E-state index is 0.831. The summed E-state index contributed by atoms with van der Waals surface area (Å²) in [7, 11) is 0. The number of hydrogen-bond acceptors (Lipinski definition) is 3. The lowest BCUT2D eigenvalue weighted by atomic mass is 10.1. The lowest BCUT2D eigenvalue weighted by Crippen LogP contribution is -2.24. The van der Waals surface area contributed by atoms with Crippen molar-refractivity contribution in [2.24, 2.45) is 0 Å². The lowest BCUT2D eigenvalue weighted by Gasteiger charge is -2.14. The molecule has 0 radical (unpaired) electrons. The molecule has 0 spiro atoms. The van der Waals surface area contributed by atoms with Gasteiger partial charge in [0.2, 0.25) is 0 Å². The summed E-state index contributed by atoms with van der Waals surface area (Å²) in [5.74, 6) is 3.16. The van der Waals surface area contributed by atoms with Crippen LogP contribution in [0, 0.1) is 12.0 Å². The molecule has 1 N–H and O–H groups in total. The molecular formula is C17H14N4. The van der Waals surface area contributed by atoms with E-state index in [-0.39, 0.29) is 0 Å². The minimum Gasteiger partial charge on any atom is -0.312 e. The number of rotatable bonds is 0. The molecule has 0 unspecified atom stereocenters. The largest absolute Gasteiger partial charge is 0.312 e. The van der Waals surface area contributed by atoms with Gasteiger partial charge in [-0.05, 0) is 17.6 Å². The fraction of sp³-hybridized carbons (Fsp3) is 0.176. The maximum atomic E-state index is 4.00. The third kappa shape index (κ3) is 2.08. The molecule has 4 nitrogen and oxygen atoms in total. The van der Waals surface area contributed by atoms with E-state index >= 15 is 0 Å². The van der Waals surface area contributed by atoms with E-state index < -0.39 is 0 Å². The van der Waals surface area contributed by atoms with Crippen LogP contribution in [0.4, 0.5) is 0 Å². The highest BCUT2D eigenvalue weighted by molar-refractivity contribution is 5.86. The Labute approximate surface area is 122 Å². The van der Waals surface area contributed by atoms with Crippen LogP contribution >= 0.6 is 0 Å². The second-order valence-corrected chi connectivity index (χ2v) is 5.07. The molecular weight excluding hydrogens is 260 g/mol. The smallest absolute Gasteiger partial charge is 0.115 e. The van der Waals surface area contributed by atoms with E-state index in [4.69, 9.17) is 0 Å². The number of nitrogens with zero attached hydrogens (tertiary/aromatic N) is 3. The van der Waals surface area contributed by atoms with E-state index in [1.54, 1.807) is 12.4 Å². The van der Waals surface area contributed by atoms with Crippen LogP contribution in [-0.4, -0.2) is 21.1 Å². The van der Waals surface area contributed by atoms with E-state index in [0.29, 0.717) is 0 Å². The van der Waals surface area contributed by atoms with Crippen molar-refractivity contribution in [1.82, 2.24) is 19.9 Å². The van der Waals surface area contributed by atoms with E-state index in [9.17, 15) is 0 Å². The molecule has 0 aliphatic carbocycles. The Morgan fingerprint density at radius 2 is 2.00 bits per heavy atom. The zero-order valence-corrected chi connectivity index (χ0v) is 11.5. The third-order valence-corrected chi connectivity index (χ3v) is 3.80. The Morgan fingerprint density at radius 3 is 2.90 bits per heavy atom. The summed E-state index contributed by atoms with van der Waals surface area (Å²) in [6, 6.07) is 11.7. The quantitative estimate of drug-likeness (QED) is 0.637. The molecule has 21 heavy (non-hydrogen) atoms. The van der Waals surface area contributed by atoms with E-state index in [1.807, 2.05) is 0 Å². The Balaban J connectivity index is 1.91. The first-order valence-corrected chi connectivity index (χ1v) is 7.02. The van der Waals surface area contributed by atoms with Crippen LogP contribution < -0.4 is 5.32 Å². The number of benzene rings is 1. The van der Waals surface area contributed by atoms with Crippen LogP contribution in [0.2, 0.25) is 0 Å². The number of para-hydroxylation sites is 1. The summed E-state index contributed by atoms with van der Waals surface area (Å²) in [6.45, 7) is 1.92. The average molecular weight is 274 g/mol. The van der Waals surface area contributed by atoms with Gasteiger partial charge in [0.15, 0.2) is 0 Å². The van der Waals surface area contributed by atoms with Gasteiger partial charge >= 0.3 is 0 Å². The molecule has 3 aromatic rings. The Kier molecular flexibility index (Phi) is 2.91. The van der Waals surface area contributed by atoms with Gasteiger partial charge in [0.1, 0.15) is 6.33 Å². The molecule has 0 bridgehead atoms. The molecule has 0 amide bonds. The van der Waals surface area contributed by atoms with E-state index in [1.165, 1.54) is 28.5 Å². The van der Waals surface area contributed by atoms with Gasteiger partial charge in [0, 0.05) is 49.0 Å². The molecule has 1 aliphatic rings. The summed E-state index contributed by atoms with van der Waals surface area (Å²) >= 11 is 0. The first-order valence-electron chi connectivity index (χ1n) is 7.02. The van der Waals surface area contributed by atoms with Crippen molar-refractivity contribution < 1.29 is 0 Å². The van der Waals surface area contributed by atoms with Crippen molar-refractivity contribution in [3.05, 3.63) is 59.8 Å². The monoisotopic (exact) mass is 274 g/mol. The second kappa shape index (κ2) is 5.04. The standard InChI is InChI=1S/C17H14N4/c1-2-4-16-14(3-1)15-11-18-7-5-17(15)21(16)8-6-13-9-19-12-20-10-13/h1-4,9-10,12,18H,5,7,11H2. The van der Waals surface area contributed by atoms with E-state index in [0.717, 1.165) is 25.1 Å². The number of nitrogens with one attached hydrogen (secondary N) is 1. The average Bonchev–Trinajstić information content (AvgIpc) is 2.88. The lowest BCUT2D eigenvalue weighted by molar-refractivity contribution is 0.633. The maximum Gasteiger partial charge on any atom is 0.115 e. The Bertz CT molecular complexity index is 853. The first kappa shape index (κ1) is 12.1. The predicted molar refractivity (Wildman–Crippen MR) is 81.7 cm³/mol. The van der Waals surface area contributed by atoms with Crippen LogP contribution in [0.3, 0.4) is 0 Å². The topological polar surface area (TPSA) is 42.7 Å². The normalized spacial score (nSPS) is 13.5. The predicted octanol–water partition coefficient (Wildman–Crippen LogP) is 1.93. The highest BCUT2D eigenvalue weighted by atomic mass is 15.0. The van der Waals surface area contributed by atoms with E-state index in [2.05, 4.69) is 56.1 Å². The zero-order chi connectivity index (χ0) is 14.1. The van der Waals surface area contributed by atoms with Crippen molar-refractivity contribution in [2.45, 2.75) is 13.0 Å². The summed E-state index contributed by atoms with van der Waals surface area (Å²) in [5.41, 5.74) is 4.70. The maximum absolute atomic E-state index is 4.00. The molecule has 0 atom stereocenters. The first-order chi connectivity index (χ1) is 10.4. The van der Waals surface area contributed by atoms with Gasteiger partial charge in [-0.1, -0.05) is 18.2 Å². The van der Waals surface area contributed by atoms with Gasteiger partial charge in [0.05, 0.1) is 11.1 Å². The molecule has 0 saturated heterocycles. The number of aromatic nitrogens is 3. The molecule has 3 heterocycles. The summed E-state index contributed by atoms with van der Waals surface area (Å²) in [5, 5.41) is 4.73. The van der Waals surface area contributed by atoms with Crippen LogP contribution in [0.5, 0.6) is 0 Å². The fourth-order valence-electron chi connectivity index (χ4n) is 2.85. The fourth-order valence-corrected chi connectivity index (χ4v) is 2.85. The van der Waals surface area contributed by atoms with Gasteiger partial charge < -0.3 is 5.32 Å². The highest BCUT2D eigenvalue weighted by Crippen LogP contribution is 2.27. The van der Waals surface area contributed by atoms with Crippen LogP contribution in [0.15, 0.2) is 43.0 Å². The van der Waals surface area contributed by atoms with Crippen LogP contribution in [0.25, 0.3) is 10.9 Å². The van der Waals surface area contributed by atoms with Crippen molar-refractivity contribution >= 4 is 10.9 Å². The van der Waals surface area contributed by atoms with Gasteiger partial charge in [-0.15, -0.1) is 0 Å². The van der Waals surface area contributed by atoms with Crippen molar-refractivity contribution in [1.29, 1.82) is 0 Å². The van der Waals surface area contributed by atoms with Crippen LogP contribution in [0.1, 0.15) is 16.8 Å². The molecule has 4 heteroatoms. The molecule has 1 aromatic carbocycles. The zero-order valence-electron chi connectivity index (χ0n) is 11.5. The molecule has 2 aromatic heterocycles. The minimum absolute atomic E-state index is 0.831. The molecule has 1 aliphatic heterocycles. The Hall–Kier alpha value is -2.64. The molecule has 102 valence electrons. The molecule has 0 saturated carbocycles. The highest BCUT2D eigenvalue weighted by Gasteiger charge is 2.18. The summed E-state index contributed by atoms with van der Waals surface area (Å²) < 4.78 is 2.12. The van der Waals surface area contributed by atoms with Crippen molar-refractivity contribution in [3.63, 3.8) is 0 Å². The summed E-state index contributed by atoms with van der Waals surface area (Å²) in [6.07, 6.45) is 5.99. The van der Waals surface area contributed by atoms with Crippen molar-refractivity contribution in [2.75, 3.05) is 6.54 Å². The third-order valence-electron chi connectivity index (χ3n) is 3.80. The Morgan fingerprint density at radius 1 is 1.14 bits per heavy atom. The van der Waals surface area contributed by atoms with Gasteiger partial charge in [-0.3, -0.25) is 4.57 Å². The summed E-state index contributed by atoms with van der Waals surface area (Å²) in [4.78, 5) is 8.00. The van der Waals surface area contributed by atoms with Crippen molar-refractivity contribution in [3.8, 4) is 12.0 Å². The van der Waals surface area contributed by atoms with Gasteiger partial charge in [-0.2, -0.15) is 0 Å². The molecule has 4 rings (SSSR count).